The summed E-state index contributed by atoms with van der Waals surface area (Å²) >= 11 is 7.83. The molecule has 2 N–H and O–H groups in total. The van der Waals surface area contributed by atoms with Gasteiger partial charge in [-0.25, -0.2) is 4.98 Å². The molecular weight excluding hydrogens is 216 g/mol. The highest BCUT2D eigenvalue weighted by Gasteiger charge is 2.18. The van der Waals surface area contributed by atoms with Gasteiger partial charge < -0.3 is 5.73 Å². The minimum atomic E-state index is 0.630. The lowest BCUT2D eigenvalue weighted by molar-refractivity contribution is 0.886. The molecule has 1 saturated carbocycles. The van der Waals surface area contributed by atoms with Crippen LogP contribution in [0.1, 0.15) is 25.7 Å². The molecule has 4 heteroatoms. The van der Waals surface area contributed by atoms with Gasteiger partial charge in [-0.3, -0.25) is 0 Å². The number of halogens is 1. The molecule has 0 atom stereocenters. The quantitative estimate of drug-likeness (QED) is 0.844. The molecule has 2 nitrogen and oxygen atoms in total. The number of nitrogens with two attached hydrogens (primary N) is 1. The highest BCUT2D eigenvalue weighted by molar-refractivity contribution is 8.00. The standard InChI is InChI=1S/C10H13ClN2S/c11-9-5-7(12)6-13-10(9)14-8-3-1-2-4-8/h5-6,8H,1-4,12H2. The van der Waals surface area contributed by atoms with Gasteiger partial charge in [0.15, 0.2) is 0 Å². The molecule has 0 aliphatic heterocycles. The molecule has 0 radical (unpaired) electrons. The van der Waals surface area contributed by atoms with Crippen LogP contribution < -0.4 is 5.73 Å². The minimum absolute atomic E-state index is 0.630. The average molecular weight is 229 g/mol. The molecular formula is C10H13ClN2S. The van der Waals surface area contributed by atoms with Crippen molar-refractivity contribution in [2.45, 2.75) is 36.0 Å². The van der Waals surface area contributed by atoms with Crippen molar-refractivity contribution in [1.82, 2.24) is 4.98 Å². The zero-order chi connectivity index (χ0) is 9.97. The van der Waals surface area contributed by atoms with Crippen LogP contribution >= 0.6 is 23.4 Å². The second-order valence-electron chi connectivity index (χ2n) is 3.58. The highest BCUT2D eigenvalue weighted by atomic mass is 35.5. The molecule has 1 aliphatic carbocycles. The Morgan fingerprint density at radius 2 is 2.14 bits per heavy atom. The van der Waals surface area contributed by atoms with Crippen molar-refractivity contribution in [2.75, 3.05) is 5.73 Å². The number of hydrogen-bond acceptors (Lipinski definition) is 3. The highest BCUT2D eigenvalue weighted by Crippen LogP contribution is 2.36. The summed E-state index contributed by atoms with van der Waals surface area (Å²) < 4.78 is 0. The third kappa shape index (κ3) is 2.34. The predicted molar refractivity (Wildman–Crippen MR) is 61.8 cm³/mol. The van der Waals surface area contributed by atoms with Gasteiger partial charge in [0.2, 0.25) is 0 Å². The Kier molecular flexibility index (Phi) is 3.19. The molecule has 1 heterocycles. The summed E-state index contributed by atoms with van der Waals surface area (Å²) in [5.41, 5.74) is 6.21. The van der Waals surface area contributed by atoms with Crippen LogP contribution in [0, 0.1) is 0 Å². The Morgan fingerprint density at radius 3 is 2.79 bits per heavy atom. The normalized spacial score (nSPS) is 17.5. The maximum absolute atomic E-state index is 6.04. The molecule has 1 aliphatic rings. The lowest BCUT2D eigenvalue weighted by Gasteiger charge is -2.09. The van der Waals surface area contributed by atoms with E-state index in [0.717, 1.165) is 5.03 Å². The SMILES string of the molecule is Nc1cnc(SC2CCCC2)c(Cl)c1. The fourth-order valence-corrected chi connectivity index (χ4v) is 3.17. The van der Waals surface area contributed by atoms with Crippen molar-refractivity contribution in [1.29, 1.82) is 0 Å². The first-order valence-electron chi connectivity index (χ1n) is 4.83. The third-order valence-corrected chi connectivity index (χ3v) is 4.16. The van der Waals surface area contributed by atoms with Gasteiger partial charge in [0.25, 0.3) is 0 Å². The first kappa shape index (κ1) is 10.1. The summed E-state index contributed by atoms with van der Waals surface area (Å²) in [4.78, 5) is 4.25. The monoisotopic (exact) mass is 228 g/mol. The summed E-state index contributed by atoms with van der Waals surface area (Å²) in [6.45, 7) is 0. The van der Waals surface area contributed by atoms with Crippen molar-refractivity contribution in [3.8, 4) is 0 Å². The van der Waals surface area contributed by atoms with E-state index in [1.165, 1.54) is 25.7 Å². The fraction of sp³-hybridized carbons (Fsp3) is 0.500. The smallest absolute Gasteiger partial charge is 0.115 e. The number of pyridine rings is 1. The molecule has 76 valence electrons. The zero-order valence-corrected chi connectivity index (χ0v) is 9.44. The molecule has 1 aromatic heterocycles. The number of anilines is 1. The Balaban J connectivity index is 2.08. The molecule has 0 bridgehead atoms. The molecule has 2 rings (SSSR count). The summed E-state index contributed by atoms with van der Waals surface area (Å²) in [5.74, 6) is 0. The molecule has 0 amide bonds. The number of hydrogen-bond donors (Lipinski definition) is 1. The van der Waals surface area contributed by atoms with E-state index < -0.39 is 0 Å². The second-order valence-corrected chi connectivity index (χ2v) is 5.28. The van der Waals surface area contributed by atoms with E-state index in [0.29, 0.717) is 16.0 Å². The van der Waals surface area contributed by atoms with E-state index in [2.05, 4.69) is 4.98 Å². The van der Waals surface area contributed by atoms with Gasteiger partial charge in [-0.1, -0.05) is 24.4 Å². The number of nitrogens with zero attached hydrogens (tertiary/aromatic N) is 1. The van der Waals surface area contributed by atoms with Gasteiger partial charge in [-0.15, -0.1) is 11.8 Å². The largest absolute Gasteiger partial charge is 0.397 e. The lowest BCUT2D eigenvalue weighted by atomic mass is 10.4. The molecule has 1 aromatic rings. The van der Waals surface area contributed by atoms with E-state index in [1.807, 2.05) is 0 Å². The van der Waals surface area contributed by atoms with E-state index >= 15 is 0 Å². The van der Waals surface area contributed by atoms with E-state index in [9.17, 15) is 0 Å². The van der Waals surface area contributed by atoms with E-state index in [4.69, 9.17) is 17.3 Å². The topological polar surface area (TPSA) is 38.9 Å². The van der Waals surface area contributed by atoms with Gasteiger partial charge >= 0.3 is 0 Å². The molecule has 0 saturated heterocycles. The van der Waals surface area contributed by atoms with Crippen LogP contribution in [0.5, 0.6) is 0 Å². The fourth-order valence-electron chi connectivity index (χ4n) is 1.69. The zero-order valence-electron chi connectivity index (χ0n) is 7.87. The molecule has 0 unspecified atom stereocenters. The summed E-state index contributed by atoms with van der Waals surface area (Å²) in [7, 11) is 0. The number of rotatable bonds is 2. The van der Waals surface area contributed by atoms with Crippen LogP contribution in [0.4, 0.5) is 5.69 Å². The molecule has 14 heavy (non-hydrogen) atoms. The van der Waals surface area contributed by atoms with Gasteiger partial charge in [-0.05, 0) is 18.9 Å². The Morgan fingerprint density at radius 1 is 1.43 bits per heavy atom. The first-order chi connectivity index (χ1) is 6.75. The second kappa shape index (κ2) is 4.41. The number of aromatic nitrogens is 1. The predicted octanol–water partition coefficient (Wildman–Crippen LogP) is 3.35. The molecule has 0 spiro atoms. The Bertz CT molecular complexity index is 324. The van der Waals surface area contributed by atoms with Crippen LogP contribution in [0.3, 0.4) is 0 Å². The van der Waals surface area contributed by atoms with Gasteiger partial charge in [0, 0.05) is 5.25 Å². The van der Waals surface area contributed by atoms with Gasteiger partial charge in [0.05, 0.1) is 16.9 Å². The van der Waals surface area contributed by atoms with Crippen molar-refractivity contribution < 1.29 is 0 Å². The van der Waals surface area contributed by atoms with E-state index in [1.54, 1.807) is 24.0 Å². The lowest BCUT2D eigenvalue weighted by Crippen LogP contribution is -1.96. The molecule has 0 aromatic carbocycles. The van der Waals surface area contributed by atoms with Crippen LogP contribution in [0.15, 0.2) is 17.3 Å². The van der Waals surface area contributed by atoms with Crippen molar-refractivity contribution >= 4 is 29.1 Å². The first-order valence-corrected chi connectivity index (χ1v) is 6.09. The third-order valence-electron chi connectivity index (χ3n) is 2.41. The van der Waals surface area contributed by atoms with Crippen LogP contribution in [-0.2, 0) is 0 Å². The number of thioether (sulfide) groups is 1. The average Bonchev–Trinajstić information content (AvgIpc) is 2.62. The number of nitrogen functional groups attached to an aromatic ring is 1. The van der Waals surface area contributed by atoms with Crippen LogP contribution in [0.25, 0.3) is 0 Å². The summed E-state index contributed by atoms with van der Waals surface area (Å²) in [6.07, 6.45) is 6.91. The Labute approximate surface area is 93.2 Å². The van der Waals surface area contributed by atoms with E-state index in [-0.39, 0.29) is 0 Å². The summed E-state index contributed by atoms with van der Waals surface area (Å²) in [6, 6.07) is 1.77. The van der Waals surface area contributed by atoms with Crippen molar-refractivity contribution in [2.24, 2.45) is 0 Å². The maximum atomic E-state index is 6.04. The van der Waals surface area contributed by atoms with Gasteiger partial charge in [0.1, 0.15) is 5.03 Å². The minimum Gasteiger partial charge on any atom is -0.397 e. The van der Waals surface area contributed by atoms with Crippen LogP contribution in [-0.4, -0.2) is 10.2 Å². The van der Waals surface area contributed by atoms with Gasteiger partial charge in [-0.2, -0.15) is 0 Å². The maximum Gasteiger partial charge on any atom is 0.115 e. The van der Waals surface area contributed by atoms with Crippen molar-refractivity contribution in [3.05, 3.63) is 17.3 Å². The Hall–Kier alpha value is -0.410. The van der Waals surface area contributed by atoms with Crippen LogP contribution in [0.2, 0.25) is 5.02 Å². The summed E-state index contributed by atoms with van der Waals surface area (Å²) in [5, 5.41) is 2.30. The molecule has 1 fully saturated rings. The van der Waals surface area contributed by atoms with Crippen molar-refractivity contribution in [3.63, 3.8) is 0 Å².